The van der Waals surface area contributed by atoms with Crippen LogP contribution in [0.15, 0.2) is 36.7 Å². The standard InChI is InChI=1S/C25H28F3N7O2S/c1-15-4-3-10-35(14-15)11-9-30-22(36)17-5-7-18(8-6-17)31-23(37)21-16(2)34-38-24(21)33-20-13-29-12-19(32-20)25(26,27)28/h5-8,12-13,15H,3-4,9-11,14H2,1-2H3,(H,30,36)(H,31,37)(H,32,33). The fourth-order valence-corrected chi connectivity index (χ4v) is 5.02. The molecule has 1 aromatic carbocycles. The number of hydrogen-bond acceptors (Lipinski definition) is 8. The monoisotopic (exact) mass is 547 g/mol. The molecule has 1 saturated heterocycles. The Hall–Kier alpha value is -3.58. The van der Waals surface area contributed by atoms with Gasteiger partial charge in [0.05, 0.1) is 23.7 Å². The lowest BCUT2D eigenvalue weighted by atomic mass is 10.0. The summed E-state index contributed by atoms with van der Waals surface area (Å²) in [7, 11) is 0. The van der Waals surface area contributed by atoms with Crippen LogP contribution < -0.4 is 16.0 Å². The summed E-state index contributed by atoms with van der Waals surface area (Å²) in [5.41, 5.74) is 0.329. The summed E-state index contributed by atoms with van der Waals surface area (Å²) >= 11 is 0.920. The van der Waals surface area contributed by atoms with Gasteiger partial charge in [-0.2, -0.15) is 17.5 Å². The molecule has 1 atom stereocenters. The van der Waals surface area contributed by atoms with E-state index in [9.17, 15) is 22.8 Å². The predicted octanol–water partition coefficient (Wildman–Crippen LogP) is 4.72. The van der Waals surface area contributed by atoms with Crippen LogP contribution in [-0.2, 0) is 6.18 Å². The molecule has 4 rings (SSSR count). The van der Waals surface area contributed by atoms with Crippen LogP contribution in [0, 0.1) is 12.8 Å². The number of halogens is 3. The lowest BCUT2D eigenvalue weighted by Gasteiger charge is -2.30. The minimum absolute atomic E-state index is 0.164. The summed E-state index contributed by atoms with van der Waals surface area (Å²) in [6.45, 7) is 7.32. The van der Waals surface area contributed by atoms with Crippen molar-refractivity contribution in [2.24, 2.45) is 5.92 Å². The minimum Gasteiger partial charge on any atom is -0.351 e. The first kappa shape index (κ1) is 27.5. The van der Waals surface area contributed by atoms with E-state index in [2.05, 4.69) is 42.1 Å². The van der Waals surface area contributed by atoms with Gasteiger partial charge in [0.25, 0.3) is 11.8 Å². The first-order valence-corrected chi connectivity index (χ1v) is 12.9. The number of aromatic nitrogens is 3. The molecule has 0 bridgehead atoms. The maximum absolute atomic E-state index is 13.0. The Bertz CT molecular complexity index is 1280. The smallest absolute Gasteiger partial charge is 0.351 e. The minimum atomic E-state index is -4.65. The fourth-order valence-electron chi connectivity index (χ4n) is 4.22. The molecule has 9 nitrogen and oxygen atoms in total. The number of carbonyl (C=O) groups excluding carboxylic acids is 2. The average Bonchev–Trinajstić information content (AvgIpc) is 3.24. The van der Waals surface area contributed by atoms with E-state index in [1.165, 1.54) is 12.8 Å². The molecule has 0 radical (unpaired) electrons. The Morgan fingerprint density at radius 2 is 1.92 bits per heavy atom. The number of piperidine rings is 1. The van der Waals surface area contributed by atoms with Crippen LogP contribution in [0.1, 0.15) is 51.9 Å². The molecule has 0 aliphatic carbocycles. The molecule has 0 spiro atoms. The summed E-state index contributed by atoms with van der Waals surface area (Å²) in [5.74, 6) is -0.189. The van der Waals surface area contributed by atoms with Gasteiger partial charge in [-0.3, -0.25) is 14.6 Å². The van der Waals surface area contributed by atoms with Crippen molar-refractivity contribution in [1.82, 2.24) is 24.6 Å². The van der Waals surface area contributed by atoms with Crippen LogP contribution in [0.3, 0.4) is 0 Å². The lowest BCUT2D eigenvalue weighted by Crippen LogP contribution is -2.40. The number of likely N-dealkylation sites (tertiary alicyclic amines) is 1. The Morgan fingerprint density at radius 3 is 2.63 bits per heavy atom. The molecule has 2 amide bonds. The topological polar surface area (TPSA) is 112 Å². The second-order valence-corrected chi connectivity index (χ2v) is 9.99. The van der Waals surface area contributed by atoms with Gasteiger partial charge in [-0.25, -0.2) is 4.98 Å². The van der Waals surface area contributed by atoms with E-state index in [1.54, 1.807) is 31.2 Å². The van der Waals surface area contributed by atoms with E-state index in [0.717, 1.165) is 37.4 Å². The second kappa shape index (κ2) is 11.9. The summed E-state index contributed by atoms with van der Waals surface area (Å²) < 4.78 is 43.0. The van der Waals surface area contributed by atoms with Crippen LogP contribution in [-0.4, -0.2) is 57.2 Å². The molecule has 38 heavy (non-hydrogen) atoms. The first-order chi connectivity index (χ1) is 18.1. The maximum atomic E-state index is 13.0. The molecule has 3 aromatic rings. The average molecular weight is 548 g/mol. The number of aryl methyl sites for hydroxylation is 1. The third kappa shape index (κ3) is 7.04. The Labute approximate surface area is 222 Å². The van der Waals surface area contributed by atoms with E-state index in [-0.39, 0.29) is 22.3 Å². The zero-order valence-electron chi connectivity index (χ0n) is 20.9. The third-order valence-electron chi connectivity index (χ3n) is 6.12. The van der Waals surface area contributed by atoms with Crippen LogP contribution in [0.2, 0.25) is 0 Å². The number of amides is 2. The van der Waals surface area contributed by atoms with Crippen LogP contribution in [0.25, 0.3) is 0 Å². The number of alkyl halides is 3. The summed E-state index contributed by atoms with van der Waals surface area (Å²) in [6, 6.07) is 6.45. The number of nitrogens with one attached hydrogen (secondary N) is 3. The van der Waals surface area contributed by atoms with Gasteiger partial charge in [-0.15, -0.1) is 0 Å². The molecule has 2 aromatic heterocycles. The molecule has 3 N–H and O–H groups in total. The number of nitrogens with zero attached hydrogens (tertiary/aromatic N) is 4. The van der Waals surface area contributed by atoms with Crippen LogP contribution >= 0.6 is 11.5 Å². The molecule has 1 unspecified atom stereocenters. The van der Waals surface area contributed by atoms with Crippen molar-refractivity contribution in [3.8, 4) is 0 Å². The van der Waals surface area contributed by atoms with Crippen LogP contribution in [0.5, 0.6) is 0 Å². The molecule has 1 aliphatic heterocycles. The normalized spacial score (nSPS) is 16.2. The highest BCUT2D eigenvalue weighted by molar-refractivity contribution is 7.10. The van der Waals surface area contributed by atoms with Gasteiger partial charge < -0.3 is 20.9 Å². The molecule has 3 heterocycles. The molecule has 1 aliphatic rings. The van der Waals surface area contributed by atoms with Crippen molar-refractivity contribution in [3.63, 3.8) is 0 Å². The fraction of sp³-hybridized carbons (Fsp3) is 0.400. The Morgan fingerprint density at radius 1 is 1.16 bits per heavy atom. The molecular formula is C25H28F3N7O2S. The van der Waals surface area contributed by atoms with E-state index < -0.39 is 17.8 Å². The quantitative estimate of drug-likeness (QED) is 0.374. The highest BCUT2D eigenvalue weighted by Gasteiger charge is 2.33. The van der Waals surface area contributed by atoms with Gasteiger partial charge in [-0.05, 0) is 68.0 Å². The van der Waals surface area contributed by atoms with E-state index in [0.29, 0.717) is 35.6 Å². The van der Waals surface area contributed by atoms with Crippen molar-refractivity contribution < 1.29 is 22.8 Å². The third-order valence-corrected chi connectivity index (χ3v) is 6.97. The predicted molar refractivity (Wildman–Crippen MR) is 139 cm³/mol. The summed E-state index contributed by atoms with van der Waals surface area (Å²) in [4.78, 5) is 34.9. The molecule has 13 heteroatoms. The first-order valence-electron chi connectivity index (χ1n) is 12.1. The second-order valence-electron chi connectivity index (χ2n) is 9.22. The Kier molecular flexibility index (Phi) is 8.57. The largest absolute Gasteiger partial charge is 0.434 e. The number of hydrogen-bond donors (Lipinski definition) is 3. The van der Waals surface area contributed by atoms with Crippen molar-refractivity contribution in [3.05, 3.63) is 59.2 Å². The van der Waals surface area contributed by atoms with Crippen molar-refractivity contribution >= 4 is 39.9 Å². The van der Waals surface area contributed by atoms with Gasteiger partial charge in [0.15, 0.2) is 5.69 Å². The van der Waals surface area contributed by atoms with Crippen LogP contribution in [0.4, 0.5) is 29.7 Å². The maximum Gasteiger partial charge on any atom is 0.434 e. The van der Waals surface area contributed by atoms with Gasteiger partial charge >= 0.3 is 6.18 Å². The number of anilines is 3. The van der Waals surface area contributed by atoms with Gasteiger partial charge in [0.2, 0.25) is 0 Å². The molecule has 0 saturated carbocycles. The molecule has 1 fully saturated rings. The molecule has 202 valence electrons. The van der Waals surface area contributed by atoms with E-state index >= 15 is 0 Å². The van der Waals surface area contributed by atoms with E-state index in [1.807, 2.05) is 0 Å². The van der Waals surface area contributed by atoms with Crippen molar-refractivity contribution in [2.75, 3.05) is 36.8 Å². The number of carbonyl (C=O) groups is 2. The van der Waals surface area contributed by atoms with Crippen molar-refractivity contribution in [2.45, 2.75) is 32.9 Å². The lowest BCUT2D eigenvalue weighted by molar-refractivity contribution is -0.141. The zero-order valence-corrected chi connectivity index (χ0v) is 21.7. The van der Waals surface area contributed by atoms with Gasteiger partial charge in [0.1, 0.15) is 10.8 Å². The Balaban J connectivity index is 1.35. The van der Waals surface area contributed by atoms with Crippen molar-refractivity contribution in [1.29, 1.82) is 0 Å². The molecular weight excluding hydrogens is 519 g/mol. The van der Waals surface area contributed by atoms with E-state index in [4.69, 9.17) is 0 Å². The van der Waals surface area contributed by atoms with Gasteiger partial charge in [0, 0.05) is 30.9 Å². The van der Waals surface area contributed by atoms with Gasteiger partial charge in [-0.1, -0.05) is 6.92 Å². The highest BCUT2D eigenvalue weighted by atomic mass is 32.1. The number of rotatable bonds is 8. The number of benzene rings is 1. The summed E-state index contributed by atoms with van der Waals surface area (Å²) in [5, 5.41) is 8.60. The SMILES string of the molecule is Cc1nsc(Nc2cncc(C(F)(F)F)n2)c1C(=O)Nc1ccc(C(=O)NCCN2CCCC(C)C2)cc1. The highest BCUT2D eigenvalue weighted by Crippen LogP contribution is 2.31. The summed E-state index contributed by atoms with van der Waals surface area (Å²) in [6.07, 6.45) is -0.473. The zero-order chi connectivity index (χ0) is 27.3.